The van der Waals surface area contributed by atoms with Crippen molar-refractivity contribution in [3.8, 4) is 0 Å². The number of nitrogens with two attached hydrogens (primary N) is 1. The molecule has 0 fully saturated rings. The Kier molecular flexibility index (Phi) is 3.90. The van der Waals surface area contributed by atoms with Crippen LogP contribution in [0.4, 0.5) is 13.2 Å². The minimum absolute atomic E-state index is 0.0127. The first-order chi connectivity index (χ1) is 6.88. The highest BCUT2D eigenvalue weighted by Crippen LogP contribution is 2.24. The number of carbonyl (C=O) groups excluding carboxylic acids is 1. The highest BCUT2D eigenvalue weighted by atomic mass is 19.4. The Balaban J connectivity index is 2.23. The molecule has 0 heterocycles. The number of hydrogen-bond donors (Lipinski definition) is 1. The average Bonchev–Trinajstić information content (AvgIpc) is 2.49. The van der Waals surface area contributed by atoms with Crippen LogP contribution < -0.4 is 5.73 Å². The first-order valence-corrected chi connectivity index (χ1v) is 4.92. The quantitative estimate of drug-likeness (QED) is 0.739. The summed E-state index contributed by atoms with van der Waals surface area (Å²) in [6.45, 7) is 0. The van der Waals surface area contributed by atoms with Crippen molar-refractivity contribution in [3.63, 3.8) is 0 Å². The van der Waals surface area contributed by atoms with Gasteiger partial charge in [0.25, 0.3) is 0 Å². The smallest absolute Gasteiger partial charge is 0.324 e. The van der Waals surface area contributed by atoms with Gasteiger partial charge in [0.15, 0.2) is 0 Å². The third-order valence-corrected chi connectivity index (χ3v) is 2.41. The maximum atomic E-state index is 11.8. The Hall–Kier alpha value is -0.840. The summed E-state index contributed by atoms with van der Waals surface area (Å²) >= 11 is 0. The molecule has 15 heavy (non-hydrogen) atoms. The fourth-order valence-corrected chi connectivity index (χ4v) is 1.61. The Labute approximate surface area is 86.3 Å². The second-order valence-corrected chi connectivity index (χ2v) is 3.83. The van der Waals surface area contributed by atoms with Gasteiger partial charge in [0.1, 0.15) is 5.78 Å². The fraction of sp³-hybridized carbons (Fsp3) is 0.700. The summed E-state index contributed by atoms with van der Waals surface area (Å²) < 4.78 is 35.4. The molecule has 0 bridgehead atoms. The van der Waals surface area contributed by atoms with Crippen LogP contribution in [0.2, 0.25) is 0 Å². The van der Waals surface area contributed by atoms with Crippen LogP contribution in [0.25, 0.3) is 0 Å². The summed E-state index contributed by atoms with van der Waals surface area (Å²) in [7, 11) is 0. The van der Waals surface area contributed by atoms with Gasteiger partial charge < -0.3 is 5.73 Å². The molecule has 0 radical (unpaired) electrons. The van der Waals surface area contributed by atoms with Crippen LogP contribution in [-0.2, 0) is 4.79 Å². The number of rotatable bonds is 4. The first kappa shape index (κ1) is 12.2. The van der Waals surface area contributed by atoms with Crippen molar-refractivity contribution in [2.75, 3.05) is 0 Å². The van der Waals surface area contributed by atoms with E-state index in [1.807, 2.05) is 0 Å². The van der Waals surface area contributed by atoms with Crippen LogP contribution in [0, 0.1) is 5.92 Å². The van der Waals surface area contributed by atoms with Crippen LogP contribution in [0.5, 0.6) is 0 Å². The van der Waals surface area contributed by atoms with Gasteiger partial charge in [-0.2, -0.15) is 13.2 Å². The highest BCUT2D eigenvalue weighted by Gasteiger charge is 2.28. The van der Waals surface area contributed by atoms with Gasteiger partial charge in [-0.25, -0.2) is 0 Å². The van der Waals surface area contributed by atoms with Crippen LogP contribution >= 0.6 is 0 Å². The predicted molar refractivity (Wildman–Crippen MR) is 50.1 cm³/mol. The topological polar surface area (TPSA) is 43.1 Å². The summed E-state index contributed by atoms with van der Waals surface area (Å²) in [5.74, 6) is -0.406. The molecule has 0 saturated carbocycles. The van der Waals surface area contributed by atoms with Gasteiger partial charge in [-0.05, 0) is 12.8 Å². The van der Waals surface area contributed by atoms with Crippen LogP contribution in [0.15, 0.2) is 12.2 Å². The van der Waals surface area contributed by atoms with E-state index in [0.29, 0.717) is 6.42 Å². The van der Waals surface area contributed by atoms with Gasteiger partial charge in [0, 0.05) is 24.8 Å². The second kappa shape index (κ2) is 4.79. The summed E-state index contributed by atoms with van der Waals surface area (Å²) in [4.78, 5) is 11.4. The summed E-state index contributed by atoms with van der Waals surface area (Å²) in [6, 6.07) is -0.124. The molecule has 0 aromatic rings. The molecule has 2 unspecified atom stereocenters. The Morgan fingerprint density at radius 2 is 2.07 bits per heavy atom. The minimum Gasteiger partial charge on any atom is -0.324 e. The molecule has 1 aliphatic rings. The summed E-state index contributed by atoms with van der Waals surface area (Å²) in [5.41, 5.74) is 5.54. The Bertz CT molecular complexity index is 260. The Morgan fingerprint density at radius 1 is 1.40 bits per heavy atom. The lowest BCUT2D eigenvalue weighted by Gasteiger charge is -2.09. The van der Waals surface area contributed by atoms with Crippen molar-refractivity contribution < 1.29 is 18.0 Å². The molecule has 0 aliphatic heterocycles. The number of ketones is 1. The van der Waals surface area contributed by atoms with Gasteiger partial charge >= 0.3 is 6.18 Å². The molecule has 5 heteroatoms. The number of halogens is 3. The van der Waals surface area contributed by atoms with Crippen LogP contribution in [-0.4, -0.2) is 18.0 Å². The van der Waals surface area contributed by atoms with Crippen molar-refractivity contribution in [2.45, 2.75) is 37.9 Å². The van der Waals surface area contributed by atoms with E-state index >= 15 is 0 Å². The zero-order valence-electron chi connectivity index (χ0n) is 8.26. The van der Waals surface area contributed by atoms with Crippen molar-refractivity contribution in [1.82, 2.24) is 0 Å². The molecular weight excluding hydrogens is 207 g/mol. The number of allylic oxidation sites excluding steroid dienone is 1. The van der Waals surface area contributed by atoms with Crippen molar-refractivity contribution in [3.05, 3.63) is 12.2 Å². The second-order valence-electron chi connectivity index (χ2n) is 3.83. The van der Waals surface area contributed by atoms with Gasteiger partial charge in [-0.1, -0.05) is 12.2 Å². The number of Topliss-reactive ketones (excluding diaryl/α,β-unsaturated/α-hetero) is 1. The third kappa shape index (κ3) is 4.46. The normalized spacial score (nSPS) is 25.9. The van der Waals surface area contributed by atoms with E-state index in [-0.39, 0.29) is 30.6 Å². The van der Waals surface area contributed by atoms with Gasteiger partial charge in [-0.3, -0.25) is 4.79 Å². The van der Waals surface area contributed by atoms with Gasteiger partial charge in [0.2, 0.25) is 0 Å². The molecule has 86 valence electrons. The predicted octanol–water partition coefficient (Wildman–Crippen LogP) is 2.19. The molecule has 0 aromatic heterocycles. The van der Waals surface area contributed by atoms with E-state index in [4.69, 9.17) is 5.73 Å². The number of hydrogen-bond acceptors (Lipinski definition) is 2. The number of carbonyl (C=O) groups is 1. The minimum atomic E-state index is -4.16. The monoisotopic (exact) mass is 221 g/mol. The zero-order chi connectivity index (χ0) is 11.5. The van der Waals surface area contributed by atoms with E-state index < -0.39 is 12.6 Å². The van der Waals surface area contributed by atoms with Crippen LogP contribution in [0.3, 0.4) is 0 Å². The molecule has 2 atom stereocenters. The molecular formula is C10H14F3NO. The van der Waals surface area contributed by atoms with E-state index in [0.717, 1.165) is 0 Å². The molecule has 2 nitrogen and oxygen atoms in total. The maximum Gasteiger partial charge on any atom is 0.389 e. The maximum absolute atomic E-state index is 11.8. The average molecular weight is 221 g/mol. The molecule has 0 amide bonds. The van der Waals surface area contributed by atoms with E-state index in [1.54, 1.807) is 12.2 Å². The Morgan fingerprint density at radius 3 is 2.53 bits per heavy atom. The lowest BCUT2D eigenvalue weighted by molar-refractivity contribution is -0.137. The van der Waals surface area contributed by atoms with E-state index in [1.165, 1.54) is 0 Å². The summed E-state index contributed by atoms with van der Waals surface area (Å²) in [6.07, 6.45) is -1.23. The SMILES string of the molecule is NC1C=CC(C(=O)CCCC(F)(F)F)C1. The lowest BCUT2D eigenvalue weighted by Crippen LogP contribution is -2.19. The lowest BCUT2D eigenvalue weighted by atomic mass is 9.98. The standard InChI is InChI=1S/C10H14F3NO/c11-10(12,13)5-1-2-9(15)7-3-4-8(14)6-7/h3-4,7-8H,1-2,5-6,14H2. The van der Waals surface area contributed by atoms with E-state index in [9.17, 15) is 18.0 Å². The largest absolute Gasteiger partial charge is 0.389 e. The van der Waals surface area contributed by atoms with Crippen LogP contribution in [0.1, 0.15) is 25.7 Å². The van der Waals surface area contributed by atoms with Crippen molar-refractivity contribution in [2.24, 2.45) is 11.7 Å². The van der Waals surface area contributed by atoms with Gasteiger partial charge in [-0.15, -0.1) is 0 Å². The first-order valence-electron chi connectivity index (χ1n) is 4.92. The fourth-order valence-electron chi connectivity index (χ4n) is 1.61. The molecule has 0 saturated heterocycles. The van der Waals surface area contributed by atoms with Gasteiger partial charge in [0.05, 0.1) is 0 Å². The summed E-state index contributed by atoms with van der Waals surface area (Å²) in [5, 5.41) is 0. The zero-order valence-corrected chi connectivity index (χ0v) is 8.26. The van der Waals surface area contributed by atoms with Crippen molar-refractivity contribution >= 4 is 5.78 Å². The molecule has 2 N–H and O–H groups in total. The molecule has 0 aromatic carbocycles. The molecule has 0 spiro atoms. The molecule has 1 rings (SSSR count). The third-order valence-electron chi connectivity index (χ3n) is 2.41. The highest BCUT2D eigenvalue weighted by molar-refractivity contribution is 5.83. The molecule has 1 aliphatic carbocycles. The van der Waals surface area contributed by atoms with E-state index in [2.05, 4.69) is 0 Å². The van der Waals surface area contributed by atoms with Crippen molar-refractivity contribution in [1.29, 1.82) is 0 Å². The number of alkyl halides is 3.